The van der Waals surface area contributed by atoms with Crippen LogP contribution in [0, 0.1) is 11.8 Å². The summed E-state index contributed by atoms with van der Waals surface area (Å²) in [6.45, 7) is 2.11. The molecule has 1 saturated carbocycles. The van der Waals surface area contributed by atoms with E-state index in [1.54, 1.807) is 0 Å². The van der Waals surface area contributed by atoms with Crippen LogP contribution in [0.3, 0.4) is 0 Å². The van der Waals surface area contributed by atoms with Crippen molar-refractivity contribution >= 4 is 11.9 Å². The molecule has 0 spiro atoms. The van der Waals surface area contributed by atoms with E-state index in [1.807, 2.05) is 0 Å². The fraction of sp³-hybridized carbons (Fsp3) is 0.846. The van der Waals surface area contributed by atoms with Crippen molar-refractivity contribution in [3.8, 4) is 0 Å². The molecule has 1 fully saturated rings. The number of nitrogens with one attached hydrogen (secondary N) is 1. The molecule has 0 aromatic carbocycles. The first-order valence-electron chi connectivity index (χ1n) is 6.47. The van der Waals surface area contributed by atoms with Crippen molar-refractivity contribution in [2.24, 2.45) is 11.8 Å². The van der Waals surface area contributed by atoms with Crippen LogP contribution in [0.1, 0.15) is 45.4 Å². The third-order valence-electron chi connectivity index (χ3n) is 3.62. The number of rotatable bonds is 5. The molecule has 0 aromatic rings. The first-order valence-corrected chi connectivity index (χ1v) is 6.47. The predicted molar refractivity (Wildman–Crippen MR) is 65.4 cm³/mol. The molecular weight excluding hydrogens is 218 g/mol. The van der Waals surface area contributed by atoms with E-state index in [0.29, 0.717) is 18.3 Å². The Kier molecular flexibility index (Phi) is 6.01. The van der Waals surface area contributed by atoms with E-state index >= 15 is 0 Å². The van der Waals surface area contributed by atoms with E-state index < -0.39 is 5.97 Å². The van der Waals surface area contributed by atoms with Gasteiger partial charge in [-0.15, -0.1) is 0 Å². The van der Waals surface area contributed by atoms with Gasteiger partial charge in [-0.2, -0.15) is 0 Å². The van der Waals surface area contributed by atoms with Crippen LogP contribution in [0.5, 0.6) is 0 Å². The highest BCUT2D eigenvalue weighted by atomic mass is 16.5. The maximum Gasteiger partial charge on any atom is 0.325 e. The third kappa shape index (κ3) is 5.20. The van der Waals surface area contributed by atoms with Gasteiger partial charge < -0.3 is 10.1 Å². The molecule has 4 heteroatoms. The number of esters is 1. The predicted octanol–water partition coefficient (Wildman–Crippen LogP) is 1.88. The molecular formula is C13H23NO3. The fourth-order valence-corrected chi connectivity index (χ4v) is 2.48. The van der Waals surface area contributed by atoms with Gasteiger partial charge in [0.25, 0.3) is 0 Å². The molecule has 1 aliphatic carbocycles. The van der Waals surface area contributed by atoms with Crippen molar-refractivity contribution in [2.75, 3.05) is 13.7 Å². The highest BCUT2D eigenvalue weighted by molar-refractivity contribution is 5.81. The Labute approximate surface area is 103 Å². The van der Waals surface area contributed by atoms with Crippen LogP contribution in [-0.4, -0.2) is 25.5 Å². The highest BCUT2D eigenvalue weighted by Gasteiger charge is 2.22. The van der Waals surface area contributed by atoms with Crippen LogP contribution < -0.4 is 5.32 Å². The number of hydrogen-bond donors (Lipinski definition) is 1. The van der Waals surface area contributed by atoms with Gasteiger partial charge in [0, 0.05) is 6.42 Å². The summed E-state index contributed by atoms with van der Waals surface area (Å²) < 4.78 is 4.47. The number of ether oxygens (including phenoxy) is 1. The second-order valence-electron chi connectivity index (χ2n) is 4.93. The van der Waals surface area contributed by atoms with Crippen LogP contribution in [-0.2, 0) is 14.3 Å². The van der Waals surface area contributed by atoms with E-state index in [-0.39, 0.29) is 12.5 Å². The first kappa shape index (κ1) is 14.0. The Balaban J connectivity index is 2.22. The molecule has 1 N–H and O–H groups in total. The van der Waals surface area contributed by atoms with Gasteiger partial charge in [-0.3, -0.25) is 9.59 Å². The number of carbonyl (C=O) groups is 2. The summed E-state index contributed by atoms with van der Waals surface area (Å²) in [5.41, 5.74) is 0. The van der Waals surface area contributed by atoms with Gasteiger partial charge in [-0.1, -0.05) is 39.0 Å². The van der Waals surface area contributed by atoms with E-state index in [2.05, 4.69) is 17.0 Å². The summed E-state index contributed by atoms with van der Waals surface area (Å²) in [6, 6.07) is 0. The molecule has 0 aromatic heterocycles. The zero-order valence-electron chi connectivity index (χ0n) is 10.8. The minimum absolute atomic E-state index is 0.0211. The Hall–Kier alpha value is -1.06. The van der Waals surface area contributed by atoms with Crippen LogP contribution >= 0.6 is 0 Å². The Bertz CT molecular complexity index is 259. The van der Waals surface area contributed by atoms with E-state index in [1.165, 1.54) is 39.2 Å². The molecule has 1 atom stereocenters. The van der Waals surface area contributed by atoms with Crippen molar-refractivity contribution < 1.29 is 14.3 Å². The molecule has 1 amide bonds. The number of methoxy groups -OCH3 is 1. The van der Waals surface area contributed by atoms with Gasteiger partial charge in [0.15, 0.2) is 0 Å². The molecule has 0 radical (unpaired) electrons. The lowest BCUT2D eigenvalue weighted by Gasteiger charge is -2.27. The average molecular weight is 241 g/mol. The largest absolute Gasteiger partial charge is 0.468 e. The van der Waals surface area contributed by atoms with Gasteiger partial charge >= 0.3 is 5.97 Å². The number of amides is 1. The van der Waals surface area contributed by atoms with Gasteiger partial charge in [-0.25, -0.2) is 0 Å². The van der Waals surface area contributed by atoms with Gasteiger partial charge in [0.2, 0.25) is 5.91 Å². The van der Waals surface area contributed by atoms with Crippen molar-refractivity contribution in [3.05, 3.63) is 0 Å². The Morgan fingerprint density at radius 2 is 1.94 bits per heavy atom. The fourth-order valence-electron chi connectivity index (χ4n) is 2.48. The van der Waals surface area contributed by atoms with Gasteiger partial charge in [0.1, 0.15) is 6.54 Å². The lowest BCUT2D eigenvalue weighted by molar-refractivity contribution is -0.141. The molecule has 0 unspecified atom stereocenters. The molecule has 1 aliphatic rings. The molecule has 0 aliphatic heterocycles. The minimum atomic E-state index is -0.399. The summed E-state index contributed by atoms with van der Waals surface area (Å²) >= 11 is 0. The van der Waals surface area contributed by atoms with Crippen molar-refractivity contribution in [1.29, 1.82) is 0 Å². The molecule has 1 rings (SSSR count). The minimum Gasteiger partial charge on any atom is -0.468 e. The van der Waals surface area contributed by atoms with Crippen LogP contribution in [0.4, 0.5) is 0 Å². The van der Waals surface area contributed by atoms with Crippen LogP contribution in [0.25, 0.3) is 0 Å². The summed E-state index contributed by atoms with van der Waals surface area (Å²) in [4.78, 5) is 22.5. The third-order valence-corrected chi connectivity index (χ3v) is 3.62. The average Bonchev–Trinajstić information content (AvgIpc) is 2.36. The maximum absolute atomic E-state index is 11.6. The van der Waals surface area contributed by atoms with Crippen molar-refractivity contribution in [2.45, 2.75) is 45.4 Å². The van der Waals surface area contributed by atoms with E-state index in [9.17, 15) is 9.59 Å². The van der Waals surface area contributed by atoms with Gasteiger partial charge in [-0.05, 0) is 11.8 Å². The lowest BCUT2D eigenvalue weighted by atomic mass is 9.79. The van der Waals surface area contributed by atoms with Crippen molar-refractivity contribution in [3.63, 3.8) is 0 Å². The smallest absolute Gasteiger partial charge is 0.325 e. The second-order valence-corrected chi connectivity index (χ2v) is 4.93. The quantitative estimate of drug-likeness (QED) is 0.748. The molecule has 4 nitrogen and oxygen atoms in total. The summed E-state index contributed by atoms with van der Waals surface area (Å²) in [7, 11) is 1.32. The Morgan fingerprint density at radius 1 is 1.29 bits per heavy atom. The lowest BCUT2D eigenvalue weighted by Crippen LogP contribution is -2.32. The maximum atomic E-state index is 11.6. The molecule has 0 saturated heterocycles. The van der Waals surface area contributed by atoms with Crippen LogP contribution in [0.15, 0.2) is 0 Å². The highest BCUT2D eigenvalue weighted by Crippen LogP contribution is 2.31. The van der Waals surface area contributed by atoms with E-state index in [0.717, 1.165) is 0 Å². The first-order chi connectivity index (χ1) is 8.13. The summed E-state index contributed by atoms with van der Waals surface area (Å²) in [5.74, 6) is 0.637. The number of carbonyl (C=O) groups excluding carboxylic acids is 2. The van der Waals surface area contributed by atoms with Crippen molar-refractivity contribution in [1.82, 2.24) is 5.32 Å². The second kappa shape index (κ2) is 7.30. The normalized spacial score (nSPS) is 18.5. The zero-order valence-corrected chi connectivity index (χ0v) is 10.8. The molecule has 0 heterocycles. The molecule has 0 bridgehead atoms. The summed E-state index contributed by atoms with van der Waals surface area (Å²) in [6.07, 6.45) is 6.91. The SMILES string of the molecule is COC(=O)CNC(=O)C[C@@H](C)C1CCCCC1. The standard InChI is InChI=1S/C13H23NO3/c1-10(11-6-4-3-5-7-11)8-12(15)14-9-13(16)17-2/h10-11H,3-9H2,1-2H3,(H,14,15)/t10-/m1/s1. The van der Waals surface area contributed by atoms with Gasteiger partial charge in [0.05, 0.1) is 7.11 Å². The zero-order chi connectivity index (χ0) is 12.7. The topological polar surface area (TPSA) is 55.4 Å². The number of hydrogen-bond acceptors (Lipinski definition) is 3. The van der Waals surface area contributed by atoms with E-state index in [4.69, 9.17) is 0 Å². The molecule has 98 valence electrons. The summed E-state index contributed by atoms with van der Waals surface area (Å²) in [5, 5.41) is 2.59. The molecule has 17 heavy (non-hydrogen) atoms. The monoisotopic (exact) mass is 241 g/mol. The Morgan fingerprint density at radius 3 is 2.53 bits per heavy atom. The van der Waals surface area contributed by atoms with Crippen LogP contribution in [0.2, 0.25) is 0 Å².